The zero-order chi connectivity index (χ0) is 16.5. The lowest BCUT2D eigenvalue weighted by Gasteiger charge is -2.24. The van der Waals surface area contributed by atoms with Crippen molar-refractivity contribution in [2.24, 2.45) is 0 Å². The number of carbonyl (C=O) groups excluding carboxylic acids is 1. The first kappa shape index (κ1) is 19.2. The fraction of sp³-hybridized carbons (Fsp3) is 0.600. The highest BCUT2D eigenvalue weighted by Gasteiger charge is 2.17. The van der Waals surface area contributed by atoms with Gasteiger partial charge in [0.1, 0.15) is 17.7 Å². The molecule has 0 atom stereocenters. The predicted molar refractivity (Wildman–Crippen MR) is 94.6 cm³/mol. The van der Waals surface area contributed by atoms with E-state index in [2.05, 4.69) is 55.6 Å². The number of pyridine rings is 1. The van der Waals surface area contributed by atoms with Gasteiger partial charge in [-0.3, -0.25) is 4.79 Å². The summed E-state index contributed by atoms with van der Waals surface area (Å²) in [6, 6.07) is 0. The van der Waals surface area contributed by atoms with Gasteiger partial charge >= 0.3 is 5.97 Å². The molecule has 0 aromatic carbocycles. The van der Waals surface area contributed by atoms with Crippen molar-refractivity contribution in [1.82, 2.24) is 4.98 Å². The van der Waals surface area contributed by atoms with Crippen molar-refractivity contribution in [3.8, 4) is 5.88 Å². The predicted octanol–water partition coefficient (Wildman–Crippen LogP) is 4.17. The fourth-order valence-corrected chi connectivity index (χ4v) is 3.44. The van der Waals surface area contributed by atoms with Crippen LogP contribution in [-0.2, 0) is 9.53 Å². The molecular formula is C15H22Br2N2O3. The van der Waals surface area contributed by atoms with E-state index in [9.17, 15) is 4.79 Å². The second kappa shape index (κ2) is 10.0. The average Bonchev–Trinajstić information content (AvgIpc) is 2.50. The summed E-state index contributed by atoms with van der Waals surface area (Å²) < 4.78 is 12.4. The molecule has 0 aliphatic carbocycles. The standard InChI is InChI=1S/C15H22Br2N2O3/c1-4-7-12(20)21-8-9-22-15-13(17)14(11(16)10-18-15)19(5-2)6-3/h10H,4-9H2,1-3H3. The molecule has 0 amide bonds. The van der Waals surface area contributed by atoms with Crippen LogP contribution in [0.15, 0.2) is 15.1 Å². The molecule has 22 heavy (non-hydrogen) atoms. The summed E-state index contributed by atoms with van der Waals surface area (Å²) in [5.41, 5.74) is 1.01. The Balaban J connectivity index is 2.68. The molecule has 0 unspecified atom stereocenters. The largest absolute Gasteiger partial charge is 0.473 e. The van der Waals surface area contributed by atoms with Gasteiger partial charge < -0.3 is 14.4 Å². The Kier molecular flexibility index (Phi) is 8.78. The molecule has 124 valence electrons. The lowest BCUT2D eigenvalue weighted by Crippen LogP contribution is -2.23. The molecule has 0 aliphatic heterocycles. The highest BCUT2D eigenvalue weighted by Crippen LogP contribution is 2.38. The van der Waals surface area contributed by atoms with Crippen LogP contribution in [0, 0.1) is 0 Å². The molecule has 0 spiro atoms. The SMILES string of the molecule is CCCC(=O)OCCOc1ncc(Br)c(N(CC)CC)c1Br. The van der Waals surface area contributed by atoms with Crippen molar-refractivity contribution in [2.45, 2.75) is 33.6 Å². The maximum absolute atomic E-state index is 11.3. The minimum atomic E-state index is -0.197. The Bertz CT molecular complexity index is 494. The highest BCUT2D eigenvalue weighted by atomic mass is 79.9. The number of hydrogen-bond acceptors (Lipinski definition) is 5. The molecule has 1 aromatic heterocycles. The minimum absolute atomic E-state index is 0.197. The van der Waals surface area contributed by atoms with Gasteiger partial charge in [-0.15, -0.1) is 0 Å². The molecule has 0 aliphatic rings. The van der Waals surface area contributed by atoms with Crippen LogP contribution in [-0.4, -0.2) is 37.3 Å². The topological polar surface area (TPSA) is 51.7 Å². The number of rotatable bonds is 9. The van der Waals surface area contributed by atoms with Gasteiger partial charge in [0, 0.05) is 25.7 Å². The molecule has 5 nitrogen and oxygen atoms in total. The Morgan fingerprint density at radius 1 is 1.23 bits per heavy atom. The lowest BCUT2D eigenvalue weighted by atomic mass is 10.3. The van der Waals surface area contributed by atoms with E-state index in [0.29, 0.717) is 12.3 Å². The Morgan fingerprint density at radius 3 is 2.50 bits per heavy atom. The van der Waals surface area contributed by atoms with E-state index in [1.165, 1.54) is 0 Å². The lowest BCUT2D eigenvalue weighted by molar-refractivity contribution is -0.144. The number of esters is 1. The van der Waals surface area contributed by atoms with Gasteiger partial charge in [0.15, 0.2) is 0 Å². The van der Waals surface area contributed by atoms with Crippen molar-refractivity contribution in [2.75, 3.05) is 31.2 Å². The van der Waals surface area contributed by atoms with Gasteiger partial charge in [-0.05, 0) is 52.1 Å². The Labute approximate surface area is 148 Å². The van der Waals surface area contributed by atoms with Crippen molar-refractivity contribution in [3.63, 3.8) is 0 Å². The van der Waals surface area contributed by atoms with E-state index < -0.39 is 0 Å². The number of nitrogens with zero attached hydrogens (tertiary/aromatic N) is 2. The highest BCUT2D eigenvalue weighted by molar-refractivity contribution is 9.11. The molecular weight excluding hydrogens is 416 g/mol. The number of hydrogen-bond donors (Lipinski definition) is 0. The zero-order valence-corrected chi connectivity index (χ0v) is 16.4. The Morgan fingerprint density at radius 2 is 1.91 bits per heavy atom. The maximum atomic E-state index is 11.3. The monoisotopic (exact) mass is 436 g/mol. The van der Waals surface area contributed by atoms with E-state index in [0.717, 1.165) is 34.1 Å². The van der Waals surface area contributed by atoms with Crippen LogP contribution in [0.4, 0.5) is 5.69 Å². The fourth-order valence-electron chi connectivity index (χ4n) is 1.94. The molecule has 0 radical (unpaired) electrons. The normalized spacial score (nSPS) is 10.4. The third kappa shape index (κ3) is 5.43. The second-order valence-corrected chi connectivity index (χ2v) is 6.21. The summed E-state index contributed by atoms with van der Waals surface area (Å²) in [5, 5.41) is 0. The summed E-state index contributed by atoms with van der Waals surface area (Å²) in [6.45, 7) is 8.39. The number of ether oxygens (including phenoxy) is 2. The van der Waals surface area contributed by atoms with E-state index >= 15 is 0 Å². The summed E-state index contributed by atoms with van der Waals surface area (Å²) in [7, 11) is 0. The number of aromatic nitrogens is 1. The smallest absolute Gasteiger partial charge is 0.305 e. The van der Waals surface area contributed by atoms with Crippen molar-refractivity contribution >= 4 is 43.5 Å². The van der Waals surface area contributed by atoms with Crippen molar-refractivity contribution < 1.29 is 14.3 Å². The molecule has 0 fully saturated rings. The zero-order valence-electron chi connectivity index (χ0n) is 13.2. The van der Waals surface area contributed by atoms with Crippen LogP contribution < -0.4 is 9.64 Å². The molecule has 0 N–H and O–H groups in total. The van der Waals surface area contributed by atoms with Crippen LogP contribution in [0.2, 0.25) is 0 Å². The third-order valence-electron chi connectivity index (χ3n) is 3.04. The van der Waals surface area contributed by atoms with Gasteiger partial charge in [0.05, 0.1) is 10.2 Å². The molecule has 0 bridgehead atoms. The summed E-state index contributed by atoms with van der Waals surface area (Å²) in [4.78, 5) is 17.7. The number of anilines is 1. The third-order valence-corrected chi connectivity index (χ3v) is 4.33. The van der Waals surface area contributed by atoms with Crippen LogP contribution in [0.1, 0.15) is 33.6 Å². The first-order chi connectivity index (χ1) is 10.5. The molecule has 0 saturated carbocycles. The van der Waals surface area contributed by atoms with Crippen LogP contribution in [0.25, 0.3) is 0 Å². The van der Waals surface area contributed by atoms with E-state index in [-0.39, 0.29) is 19.2 Å². The second-order valence-electron chi connectivity index (χ2n) is 4.57. The van der Waals surface area contributed by atoms with Crippen molar-refractivity contribution in [1.29, 1.82) is 0 Å². The van der Waals surface area contributed by atoms with E-state index in [1.54, 1.807) is 6.20 Å². The van der Waals surface area contributed by atoms with E-state index in [4.69, 9.17) is 9.47 Å². The Hall–Kier alpha value is -0.820. The van der Waals surface area contributed by atoms with Crippen molar-refractivity contribution in [3.05, 3.63) is 15.1 Å². The molecule has 0 saturated heterocycles. The number of halogens is 2. The summed E-state index contributed by atoms with van der Waals surface area (Å²) >= 11 is 7.08. The maximum Gasteiger partial charge on any atom is 0.305 e. The number of carbonyl (C=O) groups is 1. The quantitative estimate of drug-likeness (QED) is 0.428. The van der Waals surface area contributed by atoms with Gasteiger partial charge in [0.25, 0.3) is 0 Å². The summed E-state index contributed by atoms with van der Waals surface area (Å²) in [6.07, 6.45) is 2.94. The first-order valence-corrected chi connectivity index (χ1v) is 9.01. The van der Waals surface area contributed by atoms with Gasteiger partial charge in [0.2, 0.25) is 5.88 Å². The van der Waals surface area contributed by atoms with Gasteiger partial charge in [-0.25, -0.2) is 4.98 Å². The average molecular weight is 438 g/mol. The molecule has 1 aromatic rings. The molecule has 7 heteroatoms. The van der Waals surface area contributed by atoms with Crippen LogP contribution in [0.5, 0.6) is 5.88 Å². The summed E-state index contributed by atoms with van der Waals surface area (Å²) in [5.74, 6) is 0.300. The first-order valence-electron chi connectivity index (χ1n) is 7.42. The van der Waals surface area contributed by atoms with Gasteiger partial charge in [-0.2, -0.15) is 0 Å². The van der Waals surface area contributed by atoms with E-state index in [1.807, 2.05) is 6.92 Å². The van der Waals surface area contributed by atoms with Crippen LogP contribution >= 0.6 is 31.9 Å². The van der Waals surface area contributed by atoms with Gasteiger partial charge in [-0.1, -0.05) is 6.92 Å². The van der Waals surface area contributed by atoms with Crippen LogP contribution in [0.3, 0.4) is 0 Å². The molecule has 1 heterocycles. The minimum Gasteiger partial charge on any atom is -0.473 e. The molecule has 1 rings (SSSR count).